The monoisotopic (exact) mass is 230 g/mol. The van der Waals surface area contributed by atoms with Crippen LogP contribution < -0.4 is 5.73 Å². The van der Waals surface area contributed by atoms with E-state index in [0.717, 1.165) is 0 Å². The van der Waals surface area contributed by atoms with Gasteiger partial charge < -0.3 is 15.2 Å². The highest BCUT2D eigenvalue weighted by atomic mass is 16.6. The SMILES string of the molecule is CCOC(=O)N1C(C(C)(C)N)COC1(C)C. The van der Waals surface area contributed by atoms with Crippen molar-refractivity contribution in [3.05, 3.63) is 0 Å². The van der Waals surface area contributed by atoms with Gasteiger partial charge in [0.05, 0.1) is 19.3 Å². The summed E-state index contributed by atoms with van der Waals surface area (Å²) in [6.07, 6.45) is -0.367. The maximum absolute atomic E-state index is 11.9. The lowest BCUT2D eigenvalue weighted by atomic mass is 9.95. The Morgan fingerprint density at radius 3 is 2.62 bits per heavy atom. The normalized spacial score (nSPS) is 24.6. The van der Waals surface area contributed by atoms with E-state index in [1.165, 1.54) is 0 Å². The van der Waals surface area contributed by atoms with Crippen molar-refractivity contribution < 1.29 is 14.3 Å². The number of nitrogens with zero attached hydrogens (tertiary/aromatic N) is 1. The molecule has 16 heavy (non-hydrogen) atoms. The van der Waals surface area contributed by atoms with Crippen LogP contribution in [0.25, 0.3) is 0 Å². The van der Waals surface area contributed by atoms with E-state index in [2.05, 4.69) is 0 Å². The topological polar surface area (TPSA) is 64.8 Å². The predicted molar refractivity (Wildman–Crippen MR) is 60.9 cm³/mol. The van der Waals surface area contributed by atoms with E-state index in [0.29, 0.717) is 13.2 Å². The Morgan fingerprint density at radius 1 is 1.62 bits per heavy atom. The average molecular weight is 230 g/mol. The molecule has 0 radical (unpaired) electrons. The van der Waals surface area contributed by atoms with Gasteiger partial charge >= 0.3 is 6.09 Å². The maximum Gasteiger partial charge on any atom is 0.412 e. The van der Waals surface area contributed by atoms with E-state index < -0.39 is 11.3 Å². The summed E-state index contributed by atoms with van der Waals surface area (Å²) in [6, 6.07) is -0.165. The molecule has 94 valence electrons. The minimum atomic E-state index is -0.659. The molecule has 2 N–H and O–H groups in total. The predicted octanol–water partition coefficient (Wildman–Crippen LogP) is 1.32. The van der Waals surface area contributed by atoms with Crippen molar-refractivity contribution in [1.82, 2.24) is 4.90 Å². The summed E-state index contributed by atoms with van der Waals surface area (Å²) in [7, 11) is 0. The molecule has 0 saturated carbocycles. The second-order valence-electron chi connectivity index (χ2n) is 5.16. The Balaban J connectivity index is 2.92. The fourth-order valence-corrected chi connectivity index (χ4v) is 1.89. The summed E-state index contributed by atoms with van der Waals surface area (Å²) in [5.74, 6) is 0. The quantitative estimate of drug-likeness (QED) is 0.777. The number of carbonyl (C=O) groups excluding carboxylic acids is 1. The van der Waals surface area contributed by atoms with E-state index in [1.54, 1.807) is 11.8 Å². The van der Waals surface area contributed by atoms with Gasteiger partial charge in [-0.15, -0.1) is 0 Å². The maximum atomic E-state index is 11.9. The van der Waals surface area contributed by atoms with Gasteiger partial charge in [-0.3, -0.25) is 4.90 Å². The van der Waals surface area contributed by atoms with Crippen LogP contribution in [0.2, 0.25) is 0 Å². The van der Waals surface area contributed by atoms with Gasteiger partial charge in [0, 0.05) is 5.54 Å². The molecule has 1 saturated heterocycles. The molecule has 1 unspecified atom stereocenters. The third-order valence-electron chi connectivity index (χ3n) is 2.81. The van der Waals surface area contributed by atoms with E-state index in [1.807, 2.05) is 27.7 Å². The van der Waals surface area contributed by atoms with Crippen LogP contribution in [0.3, 0.4) is 0 Å². The molecule has 5 heteroatoms. The zero-order valence-electron chi connectivity index (χ0n) is 10.7. The minimum absolute atomic E-state index is 0.165. The number of hydrogen-bond acceptors (Lipinski definition) is 4. The van der Waals surface area contributed by atoms with Crippen LogP contribution >= 0.6 is 0 Å². The van der Waals surface area contributed by atoms with Crippen LogP contribution in [-0.4, -0.2) is 41.5 Å². The standard InChI is InChI=1S/C11H22N2O3/c1-6-15-9(14)13-8(10(2,3)12)7-16-11(13,4)5/h8H,6-7,12H2,1-5H3. The third-order valence-corrected chi connectivity index (χ3v) is 2.81. The molecule has 1 atom stereocenters. The summed E-state index contributed by atoms with van der Waals surface area (Å²) in [5, 5.41) is 0. The Morgan fingerprint density at radius 2 is 2.19 bits per heavy atom. The summed E-state index contributed by atoms with van der Waals surface area (Å²) in [5.41, 5.74) is 4.88. The Hall–Kier alpha value is -0.810. The lowest BCUT2D eigenvalue weighted by Gasteiger charge is -2.37. The lowest BCUT2D eigenvalue weighted by molar-refractivity contribution is -0.0492. The van der Waals surface area contributed by atoms with Crippen LogP contribution in [0.15, 0.2) is 0 Å². The van der Waals surface area contributed by atoms with Gasteiger partial charge in [-0.1, -0.05) is 0 Å². The highest BCUT2D eigenvalue weighted by molar-refractivity contribution is 5.69. The van der Waals surface area contributed by atoms with Crippen LogP contribution in [0, 0.1) is 0 Å². The van der Waals surface area contributed by atoms with Gasteiger partial charge in [-0.05, 0) is 34.6 Å². The first-order valence-corrected chi connectivity index (χ1v) is 5.59. The van der Waals surface area contributed by atoms with E-state index in [4.69, 9.17) is 15.2 Å². The highest BCUT2D eigenvalue weighted by Crippen LogP contribution is 2.32. The third kappa shape index (κ3) is 2.47. The molecular weight excluding hydrogens is 208 g/mol. The number of rotatable bonds is 2. The zero-order valence-corrected chi connectivity index (χ0v) is 10.7. The van der Waals surface area contributed by atoms with Gasteiger partial charge in [-0.2, -0.15) is 0 Å². The second-order valence-corrected chi connectivity index (χ2v) is 5.16. The van der Waals surface area contributed by atoms with E-state index in [-0.39, 0.29) is 12.1 Å². The average Bonchev–Trinajstić information content (AvgIpc) is 2.40. The molecule has 1 fully saturated rings. The minimum Gasteiger partial charge on any atom is -0.450 e. The number of amides is 1. The first kappa shape index (κ1) is 13.3. The van der Waals surface area contributed by atoms with Crippen molar-refractivity contribution >= 4 is 6.09 Å². The van der Waals surface area contributed by atoms with Crippen LogP contribution in [0.5, 0.6) is 0 Å². The first-order valence-electron chi connectivity index (χ1n) is 5.59. The summed E-state index contributed by atoms with van der Waals surface area (Å²) < 4.78 is 10.6. The molecule has 1 aliphatic rings. The second kappa shape index (κ2) is 4.22. The van der Waals surface area contributed by atoms with Crippen LogP contribution in [0.4, 0.5) is 4.79 Å². The fraction of sp³-hybridized carbons (Fsp3) is 0.909. The van der Waals surface area contributed by atoms with Crippen molar-refractivity contribution in [3.8, 4) is 0 Å². The van der Waals surface area contributed by atoms with Gasteiger partial charge in [0.2, 0.25) is 0 Å². The molecule has 0 bridgehead atoms. The highest BCUT2D eigenvalue weighted by Gasteiger charge is 2.49. The van der Waals surface area contributed by atoms with Gasteiger partial charge in [0.1, 0.15) is 5.72 Å². The Labute approximate surface area is 96.9 Å². The molecule has 0 aromatic heterocycles. The molecule has 1 amide bonds. The van der Waals surface area contributed by atoms with Gasteiger partial charge in [-0.25, -0.2) is 4.79 Å². The van der Waals surface area contributed by atoms with Gasteiger partial charge in [0.25, 0.3) is 0 Å². The summed E-state index contributed by atoms with van der Waals surface area (Å²) >= 11 is 0. The van der Waals surface area contributed by atoms with E-state index in [9.17, 15) is 4.79 Å². The number of hydrogen-bond donors (Lipinski definition) is 1. The smallest absolute Gasteiger partial charge is 0.412 e. The Bertz CT molecular complexity index is 271. The number of ether oxygens (including phenoxy) is 2. The summed E-state index contributed by atoms with van der Waals surface area (Å²) in [4.78, 5) is 13.5. The van der Waals surface area contributed by atoms with Crippen molar-refractivity contribution in [2.45, 2.75) is 51.9 Å². The van der Waals surface area contributed by atoms with E-state index >= 15 is 0 Å². The van der Waals surface area contributed by atoms with Crippen LogP contribution in [0.1, 0.15) is 34.6 Å². The molecule has 0 aromatic carbocycles. The molecule has 0 aliphatic carbocycles. The van der Waals surface area contributed by atoms with Crippen molar-refractivity contribution in [1.29, 1.82) is 0 Å². The Kier molecular flexibility index (Phi) is 3.50. The molecule has 0 spiro atoms. The molecule has 5 nitrogen and oxygen atoms in total. The molecule has 1 heterocycles. The molecular formula is C11H22N2O3. The van der Waals surface area contributed by atoms with Gasteiger partial charge in [0.15, 0.2) is 0 Å². The largest absolute Gasteiger partial charge is 0.450 e. The number of carbonyl (C=O) groups is 1. The van der Waals surface area contributed by atoms with Crippen molar-refractivity contribution in [2.75, 3.05) is 13.2 Å². The molecule has 0 aromatic rings. The molecule has 1 rings (SSSR count). The fourth-order valence-electron chi connectivity index (χ4n) is 1.89. The lowest BCUT2D eigenvalue weighted by Crippen LogP contribution is -2.58. The van der Waals surface area contributed by atoms with Crippen LogP contribution in [-0.2, 0) is 9.47 Å². The number of nitrogens with two attached hydrogens (primary N) is 1. The zero-order chi connectivity index (χ0) is 12.6. The van der Waals surface area contributed by atoms with Crippen molar-refractivity contribution in [2.24, 2.45) is 5.73 Å². The first-order chi connectivity index (χ1) is 7.20. The summed E-state index contributed by atoms with van der Waals surface area (Å²) in [6.45, 7) is 10.0. The van der Waals surface area contributed by atoms with Crippen molar-refractivity contribution in [3.63, 3.8) is 0 Å². The molecule has 1 aliphatic heterocycles.